The van der Waals surface area contributed by atoms with Crippen LogP contribution < -0.4 is 5.32 Å². The molecule has 0 aliphatic heterocycles. The van der Waals surface area contributed by atoms with Gasteiger partial charge in [-0.15, -0.1) is 0 Å². The molecule has 0 aliphatic carbocycles. The highest BCUT2D eigenvalue weighted by Gasteiger charge is 2.08. The average Bonchev–Trinajstić information content (AvgIpc) is 2.36. The van der Waals surface area contributed by atoms with Crippen LogP contribution in [0.25, 0.3) is 0 Å². The predicted molar refractivity (Wildman–Crippen MR) is 77.9 cm³/mol. The monoisotopic (exact) mass is 249 g/mol. The lowest BCUT2D eigenvalue weighted by Gasteiger charge is -2.17. The van der Waals surface area contributed by atoms with Crippen LogP contribution in [0.4, 0.5) is 0 Å². The molecule has 1 aromatic carbocycles. The Hall–Kier alpha value is -0.860. The Morgan fingerprint density at radius 3 is 2.56 bits per heavy atom. The van der Waals surface area contributed by atoms with Crippen molar-refractivity contribution in [1.82, 2.24) is 5.32 Å². The molecule has 0 fully saturated rings. The first-order valence-corrected chi connectivity index (χ1v) is 7.07. The molecule has 0 radical (unpaired) electrons. The van der Waals surface area contributed by atoms with Crippen LogP contribution >= 0.6 is 0 Å². The largest absolute Gasteiger partial charge is 0.396 e. The van der Waals surface area contributed by atoms with E-state index in [1.54, 1.807) is 0 Å². The summed E-state index contributed by atoms with van der Waals surface area (Å²) in [6.45, 7) is 7.98. The Morgan fingerprint density at radius 1 is 1.11 bits per heavy atom. The molecular weight excluding hydrogens is 222 g/mol. The zero-order chi connectivity index (χ0) is 13.4. The summed E-state index contributed by atoms with van der Waals surface area (Å²) in [5, 5.41) is 12.3. The van der Waals surface area contributed by atoms with E-state index in [4.69, 9.17) is 5.11 Å². The Kier molecular flexibility index (Phi) is 6.99. The fourth-order valence-corrected chi connectivity index (χ4v) is 2.26. The molecule has 0 aliphatic rings. The first kappa shape index (κ1) is 15.2. The van der Waals surface area contributed by atoms with Gasteiger partial charge in [0, 0.05) is 12.6 Å². The van der Waals surface area contributed by atoms with Crippen LogP contribution in [0.5, 0.6) is 0 Å². The summed E-state index contributed by atoms with van der Waals surface area (Å²) in [4.78, 5) is 0. The second-order valence-electron chi connectivity index (χ2n) is 5.10. The number of benzene rings is 1. The van der Waals surface area contributed by atoms with Gasteiger partial charge in [0.1, 0.15) is 0 Å². The van der Waals surface area contributed by atoms with Gasteiger partial charge in [0.2, 0.25) is 0 Å². The second-order valence-corrected chi connectivity index (χ2v) is 5.10. The molecule has 0 bridgehead atoms. The van der Waals surface area contributed by atoms with E-state index in [1.807, 2.05) is 0 Å². The fourth-order valence-electron chi connectivity index (χ4n) is 2.26. The normalized spacial score (nSPS) is 12.7. The molecule has 1 atom stereocenters. The van der Waals surface area contributed by atoms with Crippen LogP contribution in [-0.4, -0.2) is 18.3 Å². The molecule has 0 saturated heterocycles. The first-order chi connectivity index (χ1) is 8.66. The van der Waals surface area contributed by atoms with Gasteiger partial charge in [0.25, 0.3) is 0 Å². The molecule has 1 rings (SSSR count). The molecule has 0 amide bonds. The molecule has 0 saturated carbocycles. The number of nitrogens with one attached hydrogen (secondary N) is 1. The van der Waals surface area contributed by atoms with E-state index < -0.39 is 0 Å². The van der Waals surface area contributed by atoms with Gasteiger partial charge in [0.05, 0.1) is 0 Å². The third-order valence-electron chi connectivity index (χ3n) is 3.65. The van der Waals surface area contributed by atoms with E-state index in [-0.39, 0.29) is 0 Å². The number of aliphatic hydroxyl groups is 1. The topological polar surface area (TPSA) is 32.3 Å². The van der Waals surface area contributed by atoms with Crippen molar-refractivity contribution in [2.45, 2.75) is 52.5 Å². The van der Waals surface area contributed by atoms with Crippen LogP contribution in [0.3, 0.4) is 0 Å². The van der Waals surface area contributed by atoms with Gasteiger partial charge in [-0.3, -0.25) is 0 Å². The third kappa shape index (κ3) is 4.79. The maximum Gasteiger partial charge on any atom is 0.0431 e. The Balaban J connectivity index is 2.32. The van der Waals surface area contributed by atoms with Gasteiger partial charge in [-0.25, -0.2) is 0 Å². The highest BCUT2D eigenvalue weighted by Crippen LogP contribution is 2.19. The summed E-state index contributed by atoms with van der Waals surface area (Å²) in [5.74, 6) is 0. The van der Waals surface area contributed by atoms with E-state index in [1.165, 1.54) is 29.5 Å². The van der Waals surface area contributed by atoms with Crippen LogP contribution in [-0.2, 0) is 0 Å². The predicted octanol–water partition coefficient (Wildman–Crippen LogP) is 3.51. The summed E-state index contributed by atoms with van der Waals surface area (Å²) in [5.41, 5.74) is 4.17. The standard InChI is InChI=1S/C16H27NO/c1-13-9-8-10-16(14(13)2)15(3)17-11-6-4-5-7-12-18/h8-10,15,17-18H,4-7,11-12H2,1-3H3. The maximum atomic E-state index is 8.70. The summed E-state index contributed by atoms with van der Waals surface area (Å²) >= 11 is 0. The van der Waals surface area contributed by atoms with Crippen LogP contribution in [0.15, 0.2) is 18.2 Å². The van der Waals surface area contributed by atoms with Crippen LogP contribution in [0.2, 0.25) is 0 Å². The van der Waals surface area contributed by atoms with Crippen molar-refractivity contribution in [3.8, 4) is 0 Å². The van der Waals surface area contributed by atoms with Gasteiger partial charge in [-0.1, -0.05) is 31.0 Å². The molecule has 0 spiro atoms. The van der Waals surface area contributed by atoms with Crippen molar-refractivity contribution < 1.29 is 5.11 Å². The van der Waals surface area contributed by atoms with E-state index in [2.05, 4.69) is 44.3 Å². The average molecular weight is 249 g/mol. The van der Waals surface area contributed by atoms with E-state index in [0.29, 0.717) is 12.6 Å². The summed E-state index contributed by atoms with van der Waals surface area (Å²) in [6.07, 6.45) is 4.46. The lowest BCUT2D eigenvalue weighted by molar-refractivity contribution is 0.282. The van der Waals surface area contributed by atoms with Crippen molar-refractivity contribution in [3.05, 3.63) is 34.9 Å². The fraction of sp³-hybridized carbons (Fsp3) is 0.625. The molecule has 0 aromatic heterocycles. The number of aryl methyl sites for hydroxylation is 1. The molecule has 102 valence electrons. The van der Waals surface area contributed by atoms with Crippen LogP contribution in [0, 0.1) is 13.8 Å². The van der Waals surface area contributed by atoms with Gasteiger partial charge in [-0.2, -0.15) is 0 Å². The molecule has 18 heavy (non-hydrogen) atoms. The molecule has 1 unspecified atom stereocenters. The molecular formula is C16H27NO. The van der Waals surface area contributed by atoms with Gasteiger partial charge in [0.15, 0.2) is 0 Å². The van der Waals surface area contributed by atoms with E-state index in [0.717, 1.165) is 19.4 Å². The van der Waals surface area contributed by atoms with Crippen LogP contribution in [0.1, 0.15) is 55.3 Å². The number of aliphatic hydroxyl groups excluding tert-OH is 1. The summed E-state index contributed by atoms with van der Waals surface area (Å²) in [7, 11) is 0. The maximum absolute atomic E-state index is 8.70. The van der Waals surface area contributed by atoms with Crippen molar-refractivity contribution in [2.75, 3.05) is 13.2 Å². The Morgan fingerprint density at radius 2 is 1.83 bits per heavy atom. The first-order valence-electron chi connectivity index (χ1n) is 7.07. The van der Waals surface area contributed by atoms with Gasteiger partial charge in [-0.05, 0) is 56.8 Å². The van der Waals surface area contributed by atoms with Crippen molar-refractivity contribution in [2.24, 2.45) is 0 Å². The smallest absolute Gasteiger partial charge is 0.0431 e. The minimum atomic E-state index is 0.326. The van der Waals surface area contributed by atoms with Crippen molar-refractivity contribution >= 4 is 0 Å². The SMILES string of the molecule is Cc1cccc(C(C)NCCCCCCO)c1C. The second kappa shape index (κ2) is 8.28. The summed E-state index contributed by atoms with van der Waals surface area (Å²) in [6, 6.07) is 6.94. The van der Waals surface area contributed by atoms with Crippen molar-refractivity contribution in [1.29, 1.82) is 0 Å². The number of hydrogen-bond donors (Lipinski definition) is 2. The minimum absolute atomic E-state index is 0.326. The molecule has 0 heterocycles. The van der Waals surface area contributed by atoms with Gasteiger partial charge < -0.3 is 10.4 Å². The Bertz CT molecular complexity index is 349. The highest BCUT2D eigenvalue weighted by atomic mass is 16.2. The minimum Gasteiger partial charge on any atom is -0.396 e. The number of hydrogen-bond acceptors (Lipinski definition) is 2. The lowest BCUT2D eigenvalue weighted by Crippen LogP contribution is -2.20. The summed E-state index contributed by atoms with van der Waals surface area (Å²) < 4.78 is 0. The number of rotatable bonds is 8. The zero-order valence-electron chi connectivity index (χ0n) is 12.0. The Labute approximate surface area is 111 Å². The molecule has 2 heteroatoms. The highest BCUT2D eigenvalue weighted by molar-refractivity contribution is 5.34. The van der Waals surface area contributed by atoms with Gasteiger partial charge >= 0.3 is 0 Å². The number of unbranched alkanes of at least 4 members (excludes halogenated alkanes) is 3. The molecule has 1 aromatic rings. The zero-order valence-corrected chi connectivity index (χ0v) is 12.0. The molecule has 2 N–H and O–H groups in total. The van der Waals surface area contributed by atoms with E-state index >= 15 is 0 Å². The van der Waals surface area contributed by atoms with E-state index in [9.17, 15) is 0 Å². The molecule has 2 nitrogen and oxygen atoms in total. The third-order valence-corrected chi connectivity index (χ3v) is 3.65. The quantitative estimate of drug-likeness (QED) is 0.691. The lowest BCUT2D eigenvalue weighted by atomic mass is 9.98. The van der Waals surface area contributed by atoms with Crippen molar-refractivity contribution in [3.63, 3.8) is 0 Å².